The molecule has 0 bridgehead atoms. The van der Waals surface area contributed by atoms with Gasteiger partial charge in [0.25, 0.3) is 11.5 Å². The van der Waals surface area contributed by atoms with Crippen LogP contribution in [0.1, 0.15) is 47.3 Å². The van der Waals surface area contributed by atoms with Crippen LogP contribution in [0.4, 0.5) is 0 Å². The number of hydrogen-bond acceptors (Lipinski definition) is 6. The first-order valence-corrected chi connectivity index (χ1v) is 12.1. The standard InChI is InChI=1S/C26H32N6O2/c27-26(23-8-1-3-12-29-23)9-14-31(15-10-26)18-19-16-21(24(33)30-20-6-5-11-28-17-20)25(34)32-13-4-2-7-22(19)32/h1-4,7-8,12-13,16,20,28H,5-6,9-11,14-15,17-18,27H2,(H,30,33). The lowest BCUT2D eigenvalue weighted by atomic mass is 9.85. The molecule has 4 N–H and O–H groups in total. The zero-order valence-electron chi connectivity index (χ0n) is 19.4. The van der Waals surface area contributed by atoms with E-state index in [2.05, 4.69) is 20.5 Å². The summed E-state index contributed by atoms with van der Waals surface area (Å²) in [4.78, 5) is 33.0. The first kappa shape index (κ1) is 22.7. The molecular formula is C26H32N6O2. The maximum atomic E-state index is 13.1. The highest BCUT2D eigenvalue weighted by atomic mass is 16.2. The maximum Gasteiger partial charge on any atom is 0.267 e. The number of likely N-dealkylation sites (tertiary alicyclic amines) is 1. The molecule has 3 aromatic heterocycles. The van der Waals surface area contributed by atoms with E-state index < -0.39 is 5.54 Å². The van der Waals surface area contributed by atoms with Crippen LogP contribution in [0, 0.1) is 0 Å². The summed E-state index contributed by atoms with van der Waals surface area (Å²) in [5.74, 6) is -0.298. The minimum atomic E-state index is -0.424. The van der Waals surface area contributed by atoms with Crippen molar-refractivity contribution in [3.63, 3.8) is 0 Å². The SMILES string of the molecule is NC1(c2ccccn2)CCN(Cc2cc(C(=O)NC3CCCNC3)c(=O)n3ccccc23)CC1. The summed E-state index contributed by atoms with van der Waals surface area (Å²) in [7, 11) is 0. The number of nitrogens with zero attached hydrogens (tertiary/aromatic N) is 3. The van der Waals surface area contributed by atoms with Crippen molar-refractivity contribution in [2.24, 2.45) is 5.73 Å². The third-order valence-corrected chi connectivity index (χ3v) is 7.15. The number of carbonyl (C=O) groups is 1. The van der Waals surface area contributed by atoms with E-state index in [-0.39, 0.29) is 23.1 Å². The average molecular weight is 461 g/mol. The van der Waals surface area contributed by atoms with E-state index in [1.54, 1.807) is 22.9 Å². The van der Waals surface area contributed by atoms with Crippen molar-refractivity contribution in [2.45, 2.75) is 43.8 Å². The predicted molar refractivity (Wildman–Crippen MR) is 132 cm³/mol. The van der Waals surface area contributed by atoms with Gasteiger partial charge in [0, 0.05) is 44.6 Å². The van der Waals surface area contributed by atoms with Crippen LogP contribution in [0.2, 0.25) is 0 Å². The van der Waals surface area contributed by atoms with Gasteiger partial charge in [-0.3, -0.25) is 23.9 Å². The zero-order chi connectivity index (χ0) is 23.5. The summed E-state index contributed by atoms with van der Waals surface area (Å²) in [5, 5.41) is 6.35. The molecule has 8 nitrogen and oxygen atoms in total. The van der Waals surface area contributed by atoms with Crippen LogP contribution in [0.25, 0.3) is 5.52 Å². The number of nitrogens with two attached hydrogens (primary N) is 1. The fraction of sp³-hybridized carbons (Fsp3) is 0.423. The summed E-state index contributed by atoms with van der Waals surface area (Å²) < 4.78 is 1.59. The number of rotatable bonds is 5. The van der Waals surface area contributed by atoms with E-state index in [0.717, 1.165) is 68.6 Å². The second-order valence-electron chi connectivity index (χ2n) is 9.51. The number of carbonyl (C=O) groups excluding carboxylic acids is 1. The summed E-state index contributed by atoms with van der Waals surface area (Å²) >= 11 is 0. The summed E-state index contributed by atoms with van der Waals surface area (Å²) in [5.41, 5.74) is 8.93. The van der Waals surface area contributed by atoms with E-state index in [0.29, 0.717) is 6.54 Å². The Morgan fingerprint density at radius 1 is 1.21 bits per heavy atom. The molecule has 1 unspecified atom stereocenters. The minimum absolute atomic E-state index is 0.0481. The van der Waals surface area contributed by atoms with Crippen molar-refractivity contribution in [2.75, 3.05) is 26.2 Å². The van der Waals surface area contributed by atoms with Gasteiger partial charge in [-0.1, -0.05) is 12.1 Å². The number of fused-ring (bicyclic) bond motifs is 1. The molecule has 5 heterocycles. The molecule has 2 fully saturated rings. The second kappa shape index (κ2) is 9.66. The van der Waals surface area contributed by atoms with E-state index in [4.69, 9.17) is 5.73 Å². The smallest absolute Gasteiger partial charge is 0.267 e. The van der Waals surface area contributed by atoms with E-state index in [1.165, 1.54) is 0 Å². The van der Waals surface area contributed by atoms with E-state index in [9.17, 15) is 9.59 Å². The van der Waals surface area contributed by atoms with Gasteiger partial charge in [-0.25, -0.2) is 0 Å². The molecule has 0 aliphatic carbocycles. The van der Waals surface area contributed by atoms with E-state index in [1.807, 2.05) is 36.4 Å². The monoisotopic (exact) mass is 460 g/mol. The van der Waals surface area contributed by atoms with Crippen LogP contribution in [-0.2, 0) is 12.1 Å². The second-order valence-corrected chi connectivity index (χ2v) is 9.51. The molecule has 0 saturated carbocycles. The number of nitrogens with one attached hydrogen (secondary N) is 2. The Morgan fingerprint density at radius 2 is 2.03 bits per heavy atom. The lowest BCUT2D eigenvalue weighted by Crippen LogP contribution is -2.48. The fourth-order valence-electron chi connectivity index (χ4n) is 5.11. The van der Waals surface area contributed by atoms with Gasteiger partial charge in [-0.15, -0.1) is 0 Å². The molecule has 0 spiro atoms. The van der Waals surface area contributed by atoms with Gasteiger partial charge < -0.3 is 16.4 Å². The Bertz CT molecular complexity index is 1210. The molecule has 2 saturated heterocycles. The number of piperidine rings is 2. The zero-order valence-corrected chi connectivity index (χ0v) is 19.4. The van der Waals surface area contributed by atoms with Gasteiger partial charge >= 0.3 is 0 Å². The summed E-state index contributed by atoms with van der Waals surface area (Å²) in [6.07, 6.45) is 7.07. The number of amides is 1. The highest BCUT2D eigenvalue weighted by Gasteiger charge is 2.33. The van der Waals surface area contributed by atoms with Gasteiger partial charge in [-0.2, -0.15) is 0 Å². The van der Waals surface area contributed by atoms with Crippen LogP contribution in [0.3, 0.4) is 0 Å². The number of hydrogen-bond donors (Lipinski definition) is 3. The third kappa shape index (κ3) is 4.61. The Morgan fingerprint density at radius 3 is 2.76 bits per heavy atom. The van der Waals surface area contributed by atoms with Crippen molar-refractivity contribution in [1.82, 2.24) is 24.9 Å². The molecule has 0 aromatic carbocycles. The molecule has 5 rings (SSSR count). The largest absolute Gasteiger partial charge is 0.348 e. The molecule has 178 valence electrons. The molecule has 2 aliphatic rings. The molecular weight excluding hydrogens is 428 g/mol. The highest BCUT2D eigenvalue weighted by molar-refractivity contribution is 5.94. The average Bonchev–Trinajstić information content (AvgIpc) is 2.88. The predicted octanol–water partition coefficient (Wildman–Crippen LogP) is 1.63. The Hall–Kier alpha value is -3.07. The van der Waals surface area contributed by atoms with Crippen molar-refractivity contribution < 1.29 is 4.79 Å². The van der Waals surface area contributed by atoms with Crippen molar-refractivity contribution in [1.29, 1.82) is 0 Å². The van der Waals surface area contributed by atoms with Crippen molar-refractivity contribution in [3.8, 4) is 0 Å². The van der Waals surface area contributed by atoms with Gasteiger partial charge in [0.1, 0.15) is 5.56 Å². The molecule has 1 atom stereocenters. The Labute approximate surface area is 199 Å². The minimum Gasteiger partial charge on any atom is -0.348 e. The molecule has 1 amide bonds. The van der Waals surface area contributed by atoms with Crippen LogP contribution in [0.5, 0.6) is 0 Å². The maximum absolute atomic E-state index is 13.1. The van der Waals surface area contributed by atoms with Crippen LogP contribution in [0.15, 0.2) is 59.7 Å². The quantitative estimate of drug-likeness (QED) is 0.535. The lowest BCUT2D eigenvalue weighted by molar-refractivity contribution is 0.0928. The van der Waals surface area contributed by atoms with E-state index >= 15 is 0 Å². The topological polar surface area (TPSA) is 105 Å². The lowest BCUT2D eigenvalue weighted by Gasteiger charge is -2.39. The van der Waals surface area contributed by atoms with Crippen LogP contribution in [-0.4, -0.2) is 52.4 Å². The van der Waals surface area contributed by atoms with Crippen LogP contribution >= 0.6 is 0 Å². The highest BCUT2D eigenvalue weighted by Crippen LogP contribution is 2.30. The normalized spacial score (nSPS) is 20.8. The van der Waals surface area contributed by atoms with Gasteiger partial charge in [0.15, 0.2) is 0 Å². The Kier molecular flexibility index (Phi) is 6.45. The number of pyridine rings is 3. The Balaban J connectivity index is 1.37. The van der Waals surface area contributed by atoms with Gasteiger partial charge in [-0.05, 0) is 68.1 Å². The van der Waals surface area contributed by atoms with Gasteiger partial charge in [0.2, 0.25) is 0 Å². The summed E-state index contributed by atoms with van der Waals surface area (Å²) in [6, 6.07) is 13.4. The third-order valence-electron chi connectivity index (χ3n) is 7.15. The molecule has 2 aliphatic heterocycles. The first-order chi connectivity index (χ1) is 16.5. The number of aromatic nitrogens is 2. The molecule has 8 heteroatoms. The first-order valence-electron chi connectivity index (χ1n) is 12.1. The summed E-state index contributed by atoms with van der Waals surface area (Å²) in [6.45, 7) is 3.99. The fourth-order valence-corrected chi connectivity index (χ4v) is 5.11. The van der Waals surface area contributed by atoms with Gasteiger partial charge in [0.05, 0.1) is 16.7 Å². The van der Waals surface area contributed by atoms with Crippen molar-refractivity contribution >= 4 is 11.4 Å². The molecule has 3 aromatic rings. The van der Waals surface area contributed by atoms with Crippen LogP contribution < -0.4 is 21.9 Å². The van der Waals surface area contributed by atoms with Crippen molar-refractivity contribution in [3.05, 3.63) is 82.0 Å². The molecule has 0 radical (unpaired) electrons. The molecule has 34 heavy (non-hydrogen) atoms.